The van der Waals surface area contributed by atoms with Crippen molar-refractivity contribution in [1.29, 1.82) is 5.26 Å². The lowest BCUT2D eigenvalue weighted by atomic mass is 11.4. The third-order valence-electron chi connectivity index (χ3n) is 0.145. The van der Waals surface area contributed by atoms with Crippen LogP contribution in [0.2, 0.25) is 0 Å². The SMILES string of the molecule is N#CNN=[N+]=[N-]. The fraction of sp³-hybridized carbons (Fsp3) is 0. The van der Waals surface area contributed by atoms with E-state index < -0.39 is 0 Å². The summed E-state index contributed by atoms with van der Waals surface area (Å²) in [4.78, 5) is 2.22. The van der Waals surface area contributed by atoms with Crippen molar-refractivity contribution in [2.75, 3.05) is 0 Å². The maximum atomic E-state index is 7.57. The Morgan fingerprint density at radius 1 is 2.00 bits per heavy atom. The molecule has 5 nitrogen and oxygen atoms in total. The molecule has 0 saturated heterocycles. The molecule has 0 spiro atoms. The van der Waals surface area contributed by atoms with Crippen LogP contribution in [0.5, 0.6) is 0 Å². The highest BCUT2D eigenvalue weighted by atomic mass is 15.4. The number of hydrogen-bond acceptors (Lipinski definition) is 2. The van der Waals surface area contributed by atoms with Crippen molar-refractivity contribution in [2.45, 2.75) is 0 Å². The molecular weight excluding hydrogens is 82.0 g/mol. The first kappa shape index (κ1) is 4.60. The molecule has 0 rings (SSSR count). The van der Waals surface area contributed by atoms with E-state index in [2.05, 4.69) is 10.1 Å². The van der Waals surface area contributed by atoms with Gasteiger partial charge in [0, 0.05) is 0 Å². The molecule has 0 aromatic heterocycles. The largest absolute Gasteiger partial charge is 0.292 e. The van der Waals surface area contributed by atoms with E-state index in [9.17, 15) is 0 Å². The minimum absolute atomic E-state index is 1.40. The van der Waals surface area contributed by atoms with Crippen molar-refractivity contribution in [3.8, 4) is 6.19 Å². The van der Waals surface area contributed by atoms with E-state index in [1.54, 1.807) is 5.43 Å². The number of azide groups is 1. The summed E-state index contributed by atoms with van der Waals surface area (Å²) in [5.41, 5.74) is 9.15. The van der Waals surface area contributed by atoms with Crippen LogP contribution in [0, 0.1) is 11.5 Å². The van der Waals surface area contributed by atoms with Crippen molar-refractivity contribution in [3.05, 3.63) is 10.4 Å². The number of nitrogens with one attached hydrogen (secondary N) is 1. The molecule has 0 heterocycles. The molecule has 0 aromatic carbocycles. The van der Waals surface area contributed by atoms with Crippen molar-refractivity contribution in [3.63, 3.8) is 0 Å². The molecule has 0 unspecified atom stereocenters. The fourth-order valence-electron chi connectivity index (χ4n) is 0.0447. The smallest absolute Gasteiger partial charge is 0.168 e. The van der Waals surface area contributed by atoms with Gasteiger partial charge in [0.2, 0.25) is 0 Å². The molecule has 5 heteroatoms. The molecule has 0 aliphatic heterocycles. The molecule has 0 radical (unpaired) electrons. The summed E-state index contributed by atoms with van der Waals surface area (Å²) in [7, 11) is 0. The van der Waals surface area contributed by atoms with Crippen LogP contribution in [0.15, 0.2) is 5.22 Å². The van der Waals surface area contributed by atoms with Crippen LogP contribution in [0.3, 0.4) is 0 Å². The second-order valence-corrected chi connectivity index (χ2v) is 0.413. The summed E-state index contributed by atoms with van der Waals surface area (Å²) in [6, 6.07) is 0. The molecule has 0 fully saturated rings. The fourth-order valence-corrected chi connectivity index (χ4v) is 0.0447. The first-order chi connectivity index (χ1) is 2.91. The van der Waals surface area contributed by atoms with Crippen molar-refractivity contribution < 1.29 is 0 Å². The van der Waals surface area contributed by atoms with Crippen LogP contribution in [0.25, 0.3) is 10.4 Å². The second kappa shape index (κ2) is 3.60. The van der Waals surface area contributed by atoms with E-state index in [4.69, 9.17) is 10.8 Å². The Hall–Kier alpha value is -1.40. The summed E-state index contributed by atoms with van der Waals surface area (Å²) in [5.74, 6) is 0. The van der Waals surface area contributed by atoms with Crippen molar-refractivity contribution >= 4 is 0 Å². The number of hydrogen-bond donors (Lipinski definition) is 1. The molecule has 6 heavy (non-hydrogen) atoms. The normalized spacial score (nSPS) is 4.50. The Morgan fingerprint density at radius 3 is 2.83 bits per heavy atom. The van der Waals surface area contributed by atoms with E-state index in [1.807, 2.05) is 0 Å². The van der Waals surface area contributed by atoms with Crippen LogP contribution >= 0.6 is 0 Å². The molecule has 0 atom stereocenters. The molecule has 0 saturated carbocycles. The Balaban J connectivity index is 3.16. The number of rotatable bonds is 1. The highest BCUT2D eigenvalue weighted by Crippen LogP contribution is 1.51. The van der Waals surface area contributed by atoms with Gasteiger partial charge in [0.15, 0.2) is 0 Å². The quantitative estimate of drug-likeness (QED) is 0.123. The molecule has 0 bridgehead atoms. The lowest BCUT2D eigenvalue weighted by Gasteiger charge is -1.62. The van der Waals surface area contributed by atoms with Crippen LogP contribution in [-0.2, 0) is 0 Å². The van der Waals surface area contributed by atoms with Gasteiger partial charge in [0.05, 0.1) is 0 Å². The van der Waals surface area contributed by atoms with Crippen molar-refractivity contribution in [2.24, 2.45) is 5.22 Å². The zero-order valence-electron chi connectivity index (χ0n) is 2.79. The average molecular weight is 83.1 g/mol. The predicted octanol–water partition coefficient (Wildman–Crippen LogP) is 0.282. The predicted molar refractivity (Wildman–Crippen MR) is 17.9 cm³/mol. The lowest BCUT2D eigenvalue weighted by Crippen LogP contribution is -1.86. The molecule has 0 aliphatic rings. The molecule has 0 amide bonds. The van der Waals surface area contributed by atoms with Crippen LogP contribution in [0.1, 0.15) is 0 Å². The van der Waals surface area contributed by atoms with E-state index in [0.29, 0.717) is 0 Å². The highest BCUT2D eigenvalue weighted by molar-refractivity contribution is 4.58. The zero-order chi connectivity index (χ0) is 4.83. The van der Waals surface area contributed by atoms with Crippen molar-refractivity contribution in [1.82, 2.24) is 5.43 Å². The van der Waals surface area contributed by atoms with Crippen LogP contribution < -0.4 is 5.43 Å². The van der Waals surface area contributed by atoms with Gasteiger partial charge in [-0.15, -0.1) is 10.8 Å². The van der Waals surface area contributed by atoms with Crippen LogP contribution in [0.4, 0.5) is 0 Å². The second-order valence-electron chi connectivity index (χ2n) is 0.413. The highest BCUT2D eigenvalue weighted by Gasteiger charge is 1.57. The molecule has 1 N–H and O–H groups in total. The van der Waals surface area contributed by atoms with Gasteiger partial charge in [-0.05, 0) is 5.22 Å². The number of nitriles is 1. The molecular formula is CHN5. The van der Waals surface area contributed by atoms with Gasteiger partial charge in [0.1, 0.15) is 0 Å². The van der Waals surface area contributed by atoms with Gasteiger partial charge in [-0.25, -0.2) is 0 Å². The lowest BCUT2D eigenvalue weighted by molar-refractivity contribution is 0.963. The van der Waals surface area contributed by atoms with E-state index in [-0.39, 0.29) is 0 Å². The zero-order valence-corrected chi connectivity index (χ0v) is 2.79. The van der Waals surface area contributed by atoms with Gasteiger partial charge in [-0.3, -0.25) is 0 Å². The topological polar surface area (TPSA) is 84.6 Å². The Kier molecular flexibility index (Phi) is 2.76. The van der Waals surface area contributed by atoms with E-state index >= 15 is 0 Å². The van der Waals surface area contributed by atoms with Gasteiger partial charge >= 0.3 is 0 Å². The van der Waals surface area contributed by atoms with Gasteiger partial charge in [0.25, 0.3) is 6.19 Å². The third kappa shape index (κ3) is 2.60. The standard InChI is InChI=1S/CHN5/c2-1-4-6-5-3/h4H. The monoisotopic (exact) mass is 83.0 g/mol. The Labute approximate surface area is 33.8 Å². The minimum atomic E-state index is 1.40. The van der Waals surface area contributed by atoms with Gasteiger partial charge < -0.3 is 0 Å². The first-order valence-electron chi connectivity index (χ1n) is 1.10. The summed E-state index contributed by atoms with van der Waals surface area (Å²) in [5, 5.41) is 10.2. The summed E-state index contributed by atoms with van der Waals surface area (Å²) >= 11 is 0. The summed E-state index contributed by atoms with van der Waals surface area (Å²) < 4.78 is 0. The van der Waals surface area contributed by atoms with E-state index in [0.717, 1.165) is 0 Å². The van der Waals surface area contributed by atoms with Crippen LogP contribution in [-0.4, -0.2) is 0 Å². The number of nitrogens with zero attached hydrogens (tertiary/aromatic N) is 4. The maximum absolute atomic E-state index is 7.57. The Bertz CT molecular complexity index is 102. The molecule has 30 valence electrons. The average Bonchev–Trinajstić information content (AvgIpc) is 1.61. The maximum Gasteiger partial charge on any atom is 0.292 e. The minimum Gasteiger partial charge on any atom is -0.168 e. The summed E-state index contributed by atoms with van der Waals surface area (Å²) in [6.45, 7) is 0. The summed E-state index contributed by atoms with van der Waals surface area (Å²) in [6.07, 6.45) is 1.40. The van der Waals surface area contributed by atoms with E-state index in [1.165, 1.54) is 6.19 Å². The Morgan fingerprint density at radius 2 is 2.67 bits per heavy atom. The first-order valence-corrected chi connectivity index (χ1v) is 1.10. The third-order valence-corrected chi connectivity index (χ3v) is 0.145. The van der Waals surface area contributed by atoms with Gasteiger partial charge in [-0.2, -0.15) is 10.3 Å². The van der Waals surface area contributed by atoms with Gasteiger partial charge in [-0.1, -0.05) is 0 Å². The molecule has 0 aromatic rings. The molecule has 0 aliphatic carbocycles.